The predicted octanol–water partition coefficient (Wildman–Crippen LogP) is 4.30. The number of anilines is 1. The summed E-state index contributed by atoms with van der Waals surface area (Å²) < 4.78 is 5.49. The van der Waals surface area contributed by atoms with Crippen molar-refractivity contribution in [2.45, 2.75) is 53.0 Å². The summed E-state index contributed by atoms with van der Waals surface area (Å²) in [7, 11) is 1.75. The molecule has 1 atom stereocenters. The smallest absolute Gasteiger partial charge is 0.126 e. The Labute approximate surface area is 111 Å². The molecule has 1 aliphatic rings. The fraction of sp³-hybridized carbons (Fsp3) is 0.625. The summed E-state index contributed by atoms with van der Waals surface area (Å²) in [4.78, 5) is 0. The van der Waals surface area contributed by atoms with Crippen molar-refractivity contribution in [3.63, 3.8) is 0 Å². The maximum absolute atomic E-state index is 5.49. The van der Waals surface area contributed by atoms with Gasteiger partial charge >= 0.3 is 0 Å². The largest absolute Gasteiger partial charge is 0.496 e. The number of ether oxygens (including phenoxy) is 1. The van der Waals surface area contributed by atoms with Gasteiger partial charge in [-0.25, -0.2) is 0 Å². The Morgan fingerprint density at radius 3 is 2.56 bits per heavy atom. The van der Waals surface area contributed by atoms with Crippen molar-refractivity contribution < 1.29 is 4.74 Å². The lowest BCUT2D eigenvalue weighted by atomic mass is 9.87. The monoisotopic (exact) mass is 247 g/mol. The van der Waals surface area contributed by atoms with E-state index in [2.05, 4.69) is 45.1 Å². The Morgan fingerprint density at radius 1 is 1.28 bits per heavy atom. The molecule has 0 bridgehead atoms. The average molecular weight is 247 g/mol. The molecule has 0 aromatic heterocycles. The summed E-state index contributed by atoms with van der Waals surface area (Å²) in [5.41, 5.74) is 4.04. The van der Waals surface area contributed by atoms with Crippen LogP contribution >= 0.6 is 0 Å². The lowest BCUT2D eigenvalue weighted by Crippen LogP contribution is -2.31. The molecule has 0 aliphatic heterocycles. The first-order valence-corrected chi connectivity index (χ1v) is 6.86. The molecule has 0 spiro atoms. The molecule has 1 aromatic rings. The van der Waals surface area contributed by atoms with Crippen LogP contribution in [0, 0.1) is 19.3 Å². The lowest BCUT2D eigenvalue weighted by Gasteiger charge is -2.29. The Balaban J connectivity index is 2.25. The Morgan fingerprint density at radius 2 is 2.00 bits per heavy atom. The van der Waals surface area contributed by atoms with Crippen LogP contribution in [0.15, 0.2) is 12.1 Å². The maximum atomic E-state index is 5.49. The number of aryl methyl sites for hydroxylation is 1. The Bertz CT molecular complexity index is 437. The van der Waals surface area contributed by atoms with E-state index in [9.17, 15) is 0 Å². The highest BCUT2D eigenvalue weighted by molar-refractivity contribution is 5.60. The fourth-order valence-electron chi connectivity index (χ4n) is 3.08. The van der Waals surface area contributed by atoms with E-state index >= 15 is 0 Å². The van der Waals surface area contributed by atoms with Gasteiger partial charge in [0.2, 0.25) is 0 Å². The van der Waals surface area contributed by atoms with Crippen LogP contribution in [-0.2, 0) is 0 Å². The van der Waals surface area contributed by atoms with Gasteiger partial charge in [-0.05, 0) is 43.7 Å². The average Bonchev–Trinajstić information content (AvgIpc) is 2.63. The van der Waals surface area contributed by atoms with Gasteiger partial charge in [0.05, 0.1) is 7.11 Å². The van der Waals surface area contributed by atoms with Crippen molar-refractivity contribution in [2.75, 3.05) is 12.4 Å². The highest BCUT2D eigenvalue weighted by Gasteiger charge is 2.34. The molecule has 1 fully saturated rings. The number of rotatable bonds is 3. The first-order valence-electron chi connectivity index (χ1n) is 6.86. The molecule has 18 heavy (non-hydrogen) atoms. The van der Waals surface area contributed by atoms with E-state index in [0.29, 0.717) is 11.5 Å². The van der Waals surface area contributed by atoms with Gasteiger partial charge in [0.25, 0.3) is 0 Å². The van der Waals surface area contributed by atoms with Crippen LogP contribution in [-0.4, -0.2) is 13.2 Å². The third-order valence-corrected chi connectivity index (χ3v) is 4.39. The molecule has 2 heteroatoms. The van der Waals surface area contributed by atoms with Crippen LogP contribution in [0.1, 0.15) is 44.2 Å². The number of hydrogen-bond acceptors (Lipinski definition) is 2. The van der Waals surface area contributed by atoms with Crippen LogP contribution < -0.4 is 10.1 Å². The van der Waals surface area contributed by atoms with E-state index in [-0.39, 0.29) is 0 Å². The summed E-state index contributed by atoms with van der Waals surface area (Å²) in [6.45, 7) is 8.95. The molecule has 0 radical (unpaired) electrons. The van der Waals surface area contributed by atoms with Crippen LogP contribution in [0.5, 0.6) is 5.75 Å². The second kappa shape index (κ2) is 4.83. The van der Waals surface area contributed by atoms with Gasteiger partial charge < -0.3 is 10.1 Å². The third kappa shape index (κ3) is 2.33. The molecule has 100 valence electrons. The number of nitrogens with one attached hydrogen (secondary N) is 1. The Hall–Kier alpha value is -1.18. The summed E-state index contributed by atoms with van der Waals surface area (Å²) >= 11 is 0. The van der Waals surface area contributed by atoms with Gasteiger partial charge in [-0.15, -0.1) is 0 Å². The van der Waals surface area contributed by atoms with E-state index in [4.69, 9.17) is 4.74 Å². The molecular weight excluding hydrogens is 222 g/mol. The molecule has 0 saturated heterocycles. The summed E-state index contributed by atoms with van der Waals surface area (Å²) in [6.07, 6.45) is 3.90. The number of methoxy groups -OCH3 is 1. The van der Waals surface area contributed by atoms with Gasteiger partial charge in [0, 0.05) is 17.3 Å². The van der Waals surface area contributed by atoms with Gasteiger partial charge in [0.1, 0.15) is 5.75 Å². The van der Waals surface area contributed by atoms with Gasteiger partial charge in [-0.1, -0.05) is 26.3 Å². The predicted molar refractivity (Wildman–Crippen MR) is 77.5 cm³/mol. The van der Waals surface area contributed by atoms with E-state index in [1.165, 1.54) is 36.1 Å². The molecule has 1 N–H and O–H groups in total. The molecular formula is C16H25NO. The lowest BCUT2D eigenvalue weighted by molar-refractivity contribution is 0.349. The zero-order valence-corrected chi connectivity index (χ0v) is 12.3. The SMILES string of the molecule is COc1c(C)ccc(NC2CCCC2(C)C)c1C. The highest BCUT2D eigenvalue weighted by Crippen LogP contribution is 2.40. The normalized spacial score (nSPS) is 21.9. The summed E-state index contributed by atoms with van der Waals surface area (Å²) in [5.74, 6) is 1.01. The first kappa shape index (κ1) is 13.3. The second-order valence-corrected chi connectivity index (χ2v) is 6.17. The fourth-order valence-corrected chi connectivity index (χ4v) is 3.08. The zero-order valence-electron chi connectivity index (χ0n) is 12.3. The van der Waals surface area contributed by atoms with Crippen molar-refractivity contribution >= 4 is 5.69 Å². The summed E-state index contributed by atoms with van der Waals surface area (Å²) in [6, 6.07) is 4.89. The molecule has 0 amide bonds. The highest BCUT2D eigenvalue weighted by atomic mass is 16.5. The minimum Gasteiger partial charge on any atom is -0.496 e. The van der Waals surface area contributed by atoms with E-state index in [1.54, 1.807) is 7.11 Å². The van der Waals surface area contributed by atoms with Gasteiger partial charge in [-0.2, -0.15) is 0 Å². The number of benzene rings is 1. The van der Waals surface area contributed by atoms with E-state index < -0.39 is 0 Å². The molecule has 1 aliphatic carbocycles. The van der Waals surface area contributed by atoms with Crippen molar-refractivity contribution in [1.82, 2.24) is 0 Å². The van der Waals surface area contributed by atoms with Gasteiger partial charge in [-0.3, -0.25) is 0 Å². The van der Waals surface area contributed by atoms with E-state index in [1.807, 2.05) is 0 Å². The molecule has 0 heterocycles. The maximum Gasteiger partial charge on any atom is 0.126 e. The molecule has 2 nitrogen and oxygen atoms in total. The standard InChI is InChI=1S/C16H25NO/c1-11-8-9-13(12(2)15(11)18-5)17-14-7-6-10-16(14,3)4/h8-9,14,17H,6-7,10H2,1-5H3. The minimum absolute atomic E-state index is 0.393. The van der Waals surface area contributed by atoms with Crippen molar-refractivity contribution in [2.24, 2.45) is 5.41 Å². The topological polar surface area (TPSA) is 21.3 Å². The molecule has 2 rings (SSSR count). The third-order valence-electron chi connectivity index (χ3n) is 4.39. The number of hydrogen-bond donors (Lipinski definition) is 1. The van der Waals surface area contributed by atoms with Crippen LogP contribution in [0.4, 0.5) is 5.69 Å². The van der Waals surface area contributed by atoms with Gasteiger partial charge in [0.15, 0.2) is 0 Å². The Kier molecular flexibility index (Phi) is 3.56. The van der Waals surface area contributed by atoms with Crippen molar-refractivity contribution in [3.05, 3.63) is 23.3 Å². The molecule has 1 unspecified atom stereocenters. The first-order chi connectivity index (χ1) is 8.45. The van der Waals surface area contributed by atoms with Crippen LogP contribution in [0.2, 0.25) is 0 Å². The molecule has 1 saturated carbocycles. The second-order valence-electron chi connectivity index (χ2n) is 6.17. The van der Waals surface area contributed by atoms with Crippen molar-refractivity contribution in [3.8, 4) is 5.75 Å². The van der Waals surface area contributed by atoms with Crippen molar-refractivity contribution in [1.29, 1.82) is 0 Å². The minimum atomic E-state index is 0.393. The van der Waals surface area contributed by atoms with Crippen LogP contribution in [0.3, 0.4) is 0 Å². The van der Waals surface area contributed by atoms with E-state index in [0.717, 1.165) is 5.75 Å². The summed E-state index contributed by atoms with van der Waals surface area (Å²) in [5, 5.41) is 3.72. The van der Waals surface area contributed by atoms with Crippen LogP contribution in [0.25, 0.3) is 0 Å². The molecule has 1 aromatic carbocycles. The zero-order chi connectivity index (χ0) is 13.3. The quantitative estimate of drug-likeness (QED) is 0.859.